The zero-order valence-corrected chi connectivity index (χ0v) is 11.5. The van der Waals surface area contributed by atoms with Crippen molar-refractivity contribution in [2.24, 2.45) is 11.7 Å². The number of hydrogen-bond acceptors (Lipinski definition) is 2. The second-order valence-electron chi connectivity index (χ2n) is 5.58. The lowest BCUT2D eigenvalue weighted by atomic mass is 9.88. The summed E-state index contributed by atoms with van der Waals surface area (Å²) in [4.78, 5) is 0. The summed E-state index contributed by atoms with van der Waals surface area (Å²) in [5, 5.41) is 1.60. The molecule has 0 radical (unpaired) electrons. The number of hydrogen-bond donors (Lipinski definition) is 1. The Kier molecular flexibility index (Phi) is 3.99. The third-order valence-corrected chi connectivity index (χ3v) is 4.23. The van der Waals surface area contributed by atoms with Gasteiger partial charge in [-0.2, -0.15) is 0 Å². The van der Waals surface area contributed by atoms with Crippen LogP contribution in [0.4, 0.5) is 4.39 Å². The molecular weight excluding hydrogens is 253 g/mol. The Labute approximate surface area is 118 Å². The summed E-state index contributed by atoms with van der Waals surface area (Å²) >= 11 is 0. The predicted molar refractivity (Wildman–Crippen MR) is 79.0 cm³/mol. The Morgan fingerprint density at radius 1 is 1.10 bits per heavy atom. The predicted octanol–water partition coefficient (Wildman–Crippen LogP) is 3.80. The number of nitrogens with two attached hydrogens (primary N) is 1. The molecule has 0 aromatic heterocycles. The molecule has 1 saturated heterocycles. The summed E-state index contributed by atoms with van der Waals surface area (Å²) in [6, 6.07) is 10.9. The summed E-state index contributed by atoms with van der Waals surface area (Å²) in [5.41, 5.74) is 7.43. The third kappa shape index (κ3) is 2.69. The molecule has 0 spiro atoms. The normalized spacial score (nSPS) is 18.3. The van der Waals surface area contributed by atoms with E-state index in [1.54, 1.807) is 0 Å². The quantitative estimate of drug-likeness (QED) is 0.923. The summed E-state index contributed by atoms with van der Waals surface area (Å²) in [7, 11) is 0. The van der Waals surface area contributed by atoms with Crippen molar-refractivity contribution in [1.29, 1.82) is 0 Å². The number of rotatable bonds is 3. The second-order valence-corrected chi connectivity index (χ2v) is 5.58. The van der Waals surface area contributed by atoms with Crippen LogP contribution in [0, 0.1) is 11.7 Å². The first-order chi connectivity index (χ1) is 9.75. The maximum Gasteiger partial charge on any atom is 0.131 e. The molecule has 1 heterocycles. The van der Waals surface area contributed by atoms with Crippen molar-refractivity contribution in [3.8, 4) is 0 Å². The van der Waals surface area contributed by atoms with Crippen LogP contribution in [-0.4, -0.2) is 13.2 Å². The van der Waals surface area contributed by atoms with Gasteiger partial charge in [0.25, 0.3) is 0 Å². The van der Waals surface area contributed by atoms with Crippen LogP contribution < -0.4 is 5.73 Å². The molecule has 1 aliphatic rings. The van der Waals surface area contributed by atoms with Crippen molar-refractivity contribution in [2.45, 2.75) is 25.3 Å². The van der Waals surface area contributed by atoms with Gasteiger partial charge in [0.2, 0.25) is 0 Å². The van der Waals surface area contributed by atoms with Gasteiger partial charge < -0.3 is 10.5 Å². The molecule has 2 nitrogen and oxygen atoms in total. The van der Waals surface area contributed by atoms with Gasteiger partial charge in [0.05, 0.1) is 0 Å². The van der Waals surface area contributed by atoms with Gasteiger partial charge in [-0.25, -0.2) is 4.39 Å². The maximum absolute atomic E-state index is 13.8. The SMILES string of the molecule is NC(CC1CCOCC1)c1ccc(F)c2ccccc12. The molecule has 3 rings (SSSR count). The molecule has 0 aliphatic carbocycles. The minimum absolute atomic E-state index is 0.0383. The van der Waals surface area contributed by atoms with Crippen molar-refractivity contribution in [3.63, 3.8) is 0 Å². The molecule has 1 unspecified atom stereocenters. The highest BCUT2D eigenvalue weighted by molar-refractivity contribution is 5.86. The second kappa shape index (κ2) is 5.90. The lowest BCUT2D eigenvalue weighted by molar-refractivity contribution is 0.0619. The topological polar surface area (TPSA) is 35.2 Å². The van der Waals surface area contributed by atoms with Crippen LogP contribution in [0.15, 0.2) is 36.4 Å². The molecule has 2 aromatic carbocycles. The molecule has 2 aromatic rings. The van der Waals surface area contributed by atoms with E-state index in [0.29, 0.717) is 11.3 Å². The third-order valence-electron chi connectivity index (χ3n) is 4.23. The number of fused-ring (bicyclic) bond motifs is 1. The fraction of sp³-hybridized carbons (Fsp3) is 0.412. The first kappa shape index (κ1) is 13.5. The first-order valence-corrected chi connectivity index (χ1v) is 7.26. The molecule has 0 bridgehead atoms. The molecule has 106 valence electrons. The maximum atomic E-state index is 13.8. The van der Waals surface area contributed by atoms with Crippen LogP contribution in [0.25, 0.3) is 10.8 Å². The molecule has 1 atom stereocenters. The van der Waals surface area contributed by atoms with Crippen LogP contribution in [0.3, 0.4) is 0 Å². The Hall–Kier alpha value is -1.45. The zero-order chi connectivity index (χ0) is 13.9. The van der Waals surface area contributed by atoms with Crippen LogP contribution in [0.5, 0.6) is 0 Å². The minimum atomic E-state index is -0.178. The monoisotopic (exact) mass is 273 g/mol. The van der Waals surface area contributed by atoms with Crippen LogP contribution >= 0.6 is 0 Å². The van der Waals surface area contributed by atoms with Crippen LogP contribution in [-0.2, 0) is 4.74 Å². The fourth-order valence-corrected chi connectivity index (χ4v) is 3.08. The highest BCUT2D eigenvalue weighted by Crippen LogP contribution is 2.31. The van der Waals surface area contributed by atoms with E-state index in [4.69, 9.17) is 10.5 Å². The van der Waals surface area contributed by atoms with Gasteiger partial charge in [0.15, 0.2) is 0 Å². The minimum Gasteiger partial charge on any atom is -0.381 e. The smallest absolute Gasteiger partial charge is 0.131 e. The highest BCUT2D eigenvalue weighted by atomic mass is 19.1. The summed E-state index contributed by atoms with van der Waals surface area (Å²) in [5.74, 6) is 0.435. The Morgan fingerprint density at radius 3 is 2.55 bits per heavy atom. The lowest BCUT2D eigenvalue weighted by Gasteiger charge is -2.25. The van der Waals surface area contributed by atoms with E-state index in [1.807, 2.05) is 30.3 Å². The van der Waals surface area contributed by atoms with E-state index in [1.165, 1.54) is 6.07 Å². The Bertz CT molecular complexity index is 593. The summed E-state index contributed by atoms with van der Waals surface area (Å²) in [6.07, 6.45) is 3.10. The van der Waals surface area contributed by atoms with Gasteiger partial charge in [-0.15, -0.1) is 0 Å². The van der Waals surface area contributed by atoms with Gasteiger partial charge in [-0.3, -0.25) is 0 Å². The van der Waals surface area contributed by atoms with Crippen molar-refractivity contribution >= 4 is 10.8 Å². The summed E-state index contributed by atoms with van der Waals surface area (Å²) in [6.45, 7) is 1.67. The number of halogens is 1. The van der Waals surface area contributed by atoms with Crippen molar-refractivity contribution in [1.82, 2.24) is 0 Å². The van der Waals surface area contributed by atoms with Crippen LogP contribution in [0.1, 0.15) is 30.9 Å². The summed E-state index contributed by atoms with van der Waals surface area (Å²) < 4.78 is 19.2. The van der Waals surface area contributed by atoms with Gasteiger partial charge >= 0.3 is 0 Å². The van der Waals surface area contributed by atoms with E-state index in [0.717, 1.165) is 43.4 Å². The zero-order valence-electron chi connectivity index (χ0n) is 11.5. The van der Waals surface area contributed by atoms with E-state index >= 15 is 0 Å². The van der Waals surface area contributed by atoms with Gasteiger partial charge in [-0.1, -0.05) is 30.3 Å². The van der Waals surface area contributed by atoms with Gasteiger partial charge in [0.1, 0.15) is 5.82 Å². The molecule has 1 fully saturated rings. The van der Waals surface area contributed by atoms with E-state index in [9.17, 15) is 4.39 Å². The van der Waals surface area contributed by atoms with Crippen LogP contribution in [0.2, 0.25) is 0 Å². The van der Waals surface area contributed by atoms with Crippen molar-refractivity contribution in [3.05, 3.63) is 47.8 Å². The fourth-order valence-electron chi connectivity index (χ4n) is 3.08. The largest absolute Gasteiger partial charge is 0.381 e. The molecule has 1 aliphatic heterocycles. The van der Waals surface area contributed by atoms with E-state index < -0.39 is 0 Å². The highest BCUT2D eigenvalue weighted by Gasteiger charge is 2.19. The Balaban J connectivity index is 1.87. The number of benzene rings is 2. The van der Waals surface area contributed by atoms with E-state index in [2.05, 4.69) is 0 Å². The molecule has 3 heteroatoms. The van der Waals surface area contributed by atoms with E-state index in [-0.39, 0.29) is 11.9 Å². The lowest BCUT2D eigenvalue weighted by Crippen LogP contribution is -2.21. The molecule has 20 heavy (non-hydrogen) atoms. The average molecular weight is 273 g/mol. The molecular formula is C17H20FNO. The number of ether oxygens (including phenoxy) is 1. The first-order valence-electron chi connectivity index (χ1n) is 7.26. The van der Waals surface area contributed by atoms with Crippen molar-refractivity contribution in [2.75, 3.05) is 13.2 Å². The standard InChI is InChI=1S/C17H20FNO/c18-16-6-5-15(13-3-1-2-4-14(13)16)17(19)11-12-7-9-20-10-8-12/h1-6,12,17H,7-11,19H2. The molecule has 2 N–H and O–H groups in total. The average Bonchev–Trinajstić information content (AvgIpc) is 2.49. The van der Waals surface area contributed by atoms with Gasteiger partial charge in [-0.05, 0) is 42.2 Å². The molecule has 0 saturated carbocycles. The molecule has 0 amide bonds. The van der Waals surface area contributed by atoms with Gasteiger partial charge in [0, 0.05) is 24.6 Å². The van der Waals surface area contributed by atoms with Crippen molar-refractivity contribution < 1.29 is 9.13 Å². The Morgan fingerprint density at radius 2 is 1.80 bits per heavy atom.